The minimum absolute atomic E-state index is 0.0469. The number of carbonyl (C=O) groups is 1. The number of Topliss-reactive ketones (excluding diaryl/α,β-unsaturated/α-hetero) is 1. The standard InChI is InChI=1S/C16H12F2N2O4S/c1-7-13(21)9(6-19-7)15-20-14(22)12(25-15)5-8-2-3-10-11(4-8)24-16(17,18)23-10/h2-5,7,19H,6H2,1H3,(H,20,22)/b12-5-,15-9+. The van der Waals surface area contributed by atoms with E-state index in [0.717, 1.165) is 11.3 Å². The number of halogens is 2. The Balaban J connectivity index is 1.76. The zero-order valence-corrected chi connectivity index (χ0v) is 13.7. The van der Waals surface area contributed by atoms with E-state index in [2.05, 4.69) is 19.8 Å². The van der Waals surface area contributed by atoms with Gasteiger partial charge in [-0.1, -0.05) is 6.07 Å². The zero-order chi connectivity index (χ0) is 17.8. The number of ether oxygens (including phenoxy) is 2. The van der Waals surface area contributed by atoms with Gasteiger partial charge < -0.3 is 19.8 Å². The largest absolute Gasteiger partial charge is 0.586 e. The van der Waals surface area contributed by atoms with Crippen molar-refractivity contribution in [1.82, 2.24) is 10.3 Å². The fraction of sp³-hybridized carbons (Fsp3) is 0.250. The molecule has 1 fully saturated rings. The number of hydrogen-bond donors (Lipinski definition) is 2. The minimum atomic E-state index is -3.68. The average Bonchev–Trinajstić information content (AvgIpc) is 3.15. The van der Waals surface area contributed by atoms with Crippen LogP contribution in [0.3, 0.4) is 0 Å². The molecule has 0 aliphatic carbocycles. The number of aromatic amines is 1. The van der Waals surface area contributed by atoms with Crippen LogP contribution in [0, 0.1) is 0 Å². The Kier molecular flexibility index (Phi) is 3.51. The van der Waals surface area contributed by atoms with Crippen LogP contribution in [-0.2, 0) is 4.79 Å². The second kappa shape index (κ2) is 5.50. The van der Waals surface area contributed by atoms with Crippen molar-refractivity contribution in [1.29, 1.82) is 0 Å². The van der Waals surface area contributed by atoms with Gasteiger partial charge in [-0.15, -0.1) is 20.1 Å². The number of carbonyl (C=O) groups excluding carboxylic acids is 1. The van der Waals surface area contributed by atoms with Crippen LogP contribution in [0.1, 0.15) is 12.5 Å². The van der Waals surface area contributed by atoms with E-state index >= 15 is 0 Å². The summed E-state index contributed by atoms with van der Waals surface area (Å²) in [5.41, 5.74) is 0.704. The Bertz CT molecular complexity index is 1060. The maximum Gasteiger partial charge on any atom is 0.586 e. The fourth-order valence-corrected chi connectivity index (χ4v) is 3.67. The van der Waals surface area contributed by atoms with Gasteiger partial charge in [-0.3, -0.25) is 9.59 Å². The highest BCUT2D eigenvalue weighted by Crippen LogP contribution is 2.41. The number of rotatable bonds is 1. The molecule has 0 bridgehead atoms. The van der Waals surface area contributed by atoms with Crippen LogP contribution in [0.5, 0.6) is 11.5 Å². The summed E-state index contributed by atoms with van der Waals surface area (Å²) in [6.45, 7) is 2.16. The number of thiazole rings is 1. The first-order valence-corrected chi connectivity index (χ1v) is 8.25. The molecule has 0 amide bonds. The molecule has 130 valence electrons. The number of benzene rings is 1. The van der Waals surface area contributed by atoms with E-state index in [0.29, 0.717) is 26.9 Å². The Labute approximate surface area is 143 Å². The summed E-state index contributed by atoms with van der Waals surface area (Å²) in [4.78, 5) is 26.9. The molecule has 2 N–H and O–H groups in total. The number of H-pyrrole nitrogens is 1. The fourth-order valence-electron chi connectivity index (χ4n) is 2.67. The predicted molar refractivity (Wildman–Crippen MR) is 86.3 cm³/mol. The van der Waals surface area contributed by atoms with Crippen molar-refractivity contribution in [2.45, 2.75) is 19.3 Å². The molecule has 2 aliphatic rings. The van der Waals surface area contributed by atoms with Crippen LogP contribution in [0.4, 0.5) is 8.78 Å². The molecular formula is C16H12F2N2O4S. The Morgan fingerprint density at radius 3 is 2.76 bits per heavy atom. The van der Waals surface area contributed by atoms with Gasteiger partial charge in [0, 0.05) is 12.1 Å². The zero-order valence-electron chi connectivity index (χ0n) is 12.9. The van der Waals surface area contributed by atoms with Gasteiger partial charge in [0.25, 0.3) is 5.56 Å². The van der Waals surface area contributed by atoms with Crippen LogP contribution in [-0.4, -0.2) is 29.6 Å². The lowest BCUT2D eigenvalue weighted by molar-refractivity contribution is -0.286. The monoisotopic (exact) mass is 366 g/mol. The van der Waals surface area contributed by atoms with E-state index in [1.165, 1.54) is 12.1 Å². The van der Waals surface area contributed by atoms with Crippen LogP contribution in [0.25, 0.3) is 11.6 Å². The molecular weight excluding hydrogens is 354 g/mol. The molecule has 1 atom stereocenters. The summed E-state index contributed by atoms with van der Waals surface area (Å²) in [6, 6.07) is 3.99. The predicted octanol–water partition coefficient (Wildman–Crippen LogP) is 0.298. The average molecular weight is 366 g/mol. The molecule has 1 saturated heterocycles. The number of fused-ring (bicyclic) bond motifs is 1. The van der Waals surface area contributed by atoms with Crippen molar-refractivity contribution in [2.24, 2.45) is 0 Å². The molecule has 4 rings (SSSR count). The lowest BCUT2D eigenvalue weighted by Gasteiger charge is -2.04. The van der Waals surface area contributed by atoms with Gasteiger partial charge in [0.2, 0.25) is 0 Å². The molecule has 2 aromatic rings. The molecule has 9 heteroatoms. The first kappa shape index (κ1) is 16.0. The second-order valence-corrected chi connectivity index (χ2v) is 6.77. The SMILES string of the molecule is CC1NC/C(=c2/[nH]c(=O)/c(=C/c3ccc4c(c3)OC(F)(F)O4)s2)C1=O. The van der Waals surface area contributed by atoms with Crippen molar-refractivity contribution in [3.8, 4) is 11.5 Å². The van der Waals surface area contributed by atoms with E-state index in [4.69, 9.17) is 0 Å². The number of hydrogen-bond acceptors (Lipinski definition) is 6. The number of nitrogens with one attached hydrogen (secondary N) is 2. The van der Waals surface area contributed by atoms with Crippen molar-refractivity contribution in [2.75, 3.05) is 6.54 Å². The smallest absolute Gasteiger partial charge is 0.395 e. The third kappa shape index (κ3) is 2.85. The van der Waals surface area contributed by atoms with E-state index in [1.54, 1.807) is 19.1 Å². The van der Waals surface area contributed by atoms with Gasteiger partial charge in [0.05, 0.1) is 10.6 Å². The van der Waals surface area contributed by atoms with Crippen LogP contribution >= 0.6 is 11.3 Å². The Morgan fingerprint density at radius 2 is 2.04 bits per heavy atom. The number of aromatic nitrogens is 1. The third-order valence-electron chi connectivity index (χ3n) is 3.94. The highest BCUT2D eigenvalue weighted by Gasteiger charge is 2.43. The maximum absolute atomic E-state index is 13.1. The lowest BCUT2D eigenvalue weighted by atomic mass is 10.2. The summed E-state index contributed by atoms with van der Waals surface area (Å²) < 4.78 is 35.7. The minimum Gasteiger partial charge on any atom is -0.395 e. The van der Waals surface area contributed by atoms with Gasteiger partial charge >= 0.3 is 6.29 Å². The quantitative estimate of drug-likeness (QED) is 0.759. The van der Waals surface area contributed by atoms with Gasteiger partial charge in [-0.05, 0) is 30.7 Å². The van der Waals surface area contributed by atoms with E-state index in [-0.39, 0.29) is 28.9 Å². The van der Waals surface area contributed by atoms with Crippen LogP contribution in [0.15, 0.2) is 23.0 Å². The first-order chi connectivity index (χ1) is 11.8. The molecule has 6 nitrogen and oxygen atoms in total. The van der Waals surface area contributed by atoms with Crippen molar-refractivity contribution < 1.29 is 23.0 Å². The molecule has 0 radical (unpaired) electrons. The topological polar surface area (TPSA) is 80.4 Å². The van der Waals surface area contributed by atoms with E-state index in [9.17, 15) is 18.4 Å². The molecule has 2 aliphatic heterocycles. The summed E-state index contributed by atoms with van der Waals surface area (Å²) >= 11 is 1.15. The van der Waals surface area contributed by atoms with Gasteiger partial charge in [-0.2, -0.15) is 0 Å². The Hall–Kier alpha value is -2.52. The summed E-state index contributed by atoms with van der Waals surface area (Å²) in [6.07, 6.45) is -2.14. The van der Waals surface area contributed by atoms with E-state index in [1.807, 2.05) is 0 Å². The molecule has 25 heavy (non-hydrogen) atoms. The molecule has 0 saturated carbocycles. The third-order valence-corrected chi connectivity index (χ3v) is 5.01. The number of alkyl halides is 2. The first-order valence-electron chi connectivity index (χ1n) is 7.44. The van der Waals surface area contributed by atoms with Gasteiger partial charge in [-0.25, -0.2) is 0 Å². The molecule has 0 spiro atoms. The second-order valence-electron chi connectivity index (χ2n) is 5.71. The summed E-state index contributed by atoms with van der Waals surface area (Å²) in [7, 11) is 0. The maximum atomic E-state index is 13.1. The molecule has 1 aromatic heterocycles. The summed E-state index contributed by atoms with van der Waals surface area (Å²) in [5, 5.41) is 3.02. The summed E-state index contributed by atoms with van der Waals surface area (Å²) in [5.74, 6) is -0.199. The molecule has 3 heterocycles. The highest BCUT2D eigenvalue weighted by atomic mass is 32.1. The van der Waals surface area contributed by atoms with Crippen molar-refractivity contribution >= 4 is 28.8 Å². The van der Waals surface area contributed by atoms with Gasteiger partial charge in [0.1, 0.15) is 4.66 Å². The van der Waals surface area contributed by atoms with E-state index < -0.39 is 6.29 Å². The van der Waals surface area contributed by atoms with Crippen LogP contribution < -0.4 is 29.5 Å². The van der Waals surface area contributed by atoms with Crippen molar-refractivity contribution in [3.63, 3.8) is 0 Å². The van der Waals surface area contributed by atoms with Crippen molar-refractivity contribution in [3.05, 3.63) is 43.3 Å². The molecule has 1 aromatic carbocycles. The highest BCUT2D eigenvalue weighted by molar-refractivity contribution is 7.07. The lowest BCUT2D eigenvalue weighted by Crippen LogP contribution is -2.25. The molecule has 1 unspecified atom stereocenters. The normalized spacial score (nSPS) is 24.2. The van der Waals surface area contributed by atoms with Gasteiger partial charge in [0.15, 0.2) is 17.3 Å². The van der Waals surface area contributed by atoms with Crippen LogP contribution in [0.2, 0.25) is 0 Å². The number of ketones is 1. The Morgan fingerprint density at radius 1 is 1.28 bits per heavy atom.